The third-order valence-electron chi connectivity index (χ3n) is 5.17. The lowest BCUT2D eigenvalue weighted by Crippen LogP contribution is -2.46. The first kappa shape index (κ1) is 18.7. The Kier molecular flexibility index (Phi) is 6.60. The molecule has 0 saturated carbocycles. The van der Waals surface area contributed by atoms with Crippen LogP contribution in [0, 0.1) is 11.8 Å². The van der Waals surface area contributed by atoms with Crippen LogP contribution in [0.3, 0.4) is 0 Å². The van der Waals surface area contributed by atoms with Crippen molar-refractivity contribution in [1.29, 1.82) is 0 Å². The predicted molar refractivity (Wildman–Crippen MR) is 91.2 cm³/mol. The molecule has 2 aliphatic rings. The van der Waals surface area contributed by atoms with Crippen LogP contribution in [0.4, 0.5) is 0 Å². The van der Waals surface area contributed by atoms with E-state index < -0.39 is 0 Å². The van der Waals surface area contributed by atoms with Gasteiger partial charge in [-0.05, 0) is 31.8 Å². The zero-order chi connectivity index (χ0) is 17.7. The molecule has 3 amide bonds. The lowest BCUT2D eigenvalue weighted by atomic mass is 9.99. The van der Waals surface area contributed by atoms with Crippen LogP contribution in [-0.4, -0.2) is 85.3 Å². The fourth-order valence-corrected chi connectivity index (χ4v) is 3.41. The molecule has 7 heteroatoms. The molecule has 0 aromatic carbocycles. The first-order valence-electron chi connectivity index (χ1n) is 8.88. The van der Waals surface area contributed by atoms with E-state index in [1.165, 1.54) is 6.92 Å². The third kappa shape index (κ3) is 4.93. The van der Waals surface area contributed by atoms with Crippen molar-refractivity contribution in [3.8, 4) is 0 Å². The van der Waals surface area contributed by atoms with Gasteiger partial charge in [0, 0.05) is 40.2 Å². The second kappa shape index (κ2) is 8.46. The molecule has 2 heterocycles. The summed E-state index contributed by atoms with van der Waals surface area (Å²) in [5, 5.41) is 2.64. The first-order valence-corrected chi connectivity index (χ1v) is 8.88. The van der Waals surface area contributed by atoms with E-state index in [2.05, 4.69) is 17.1 Å². The highest BCUT2D eigenvalue weighted by atomic mass is 16.2. The van der Waals surface area contributed by atoms with E-state index in [0.717, 1.165) is 31.8 Å². The van der Waals surface area contributed by atoms with Gasteiger partial charge in [0.2, 0.25) is 17.7 Å². The van der Waals surface area contributed by atoms with Crippen molar-refractivity contribution in [2.75, 3.05) is 52.9 Å². The number of rotatable bonds is 3. The Morgan fingerprint density at radius 2 is 1.58 bits per heavy atom. The molecular weight excluding hydrogens is 308 g/mol. The molecule has 2 aliphatic heterocycles. The number of nitrogens with one attached hydrogen (secondary N) is 1. The summed E-state index contributed by atoms with van der Waals surface area (Å²) in [4.78, 5) is 42.1. The van der Waals surface area contributed by atoms with Crippen molar-refractivity contribution >= 4 is 17.7 Å². The van der Waals surface area contributed by atoms with Crippen LogP contribution >= 0.6 is 0 Å². The van der Waals surface area contributed by atoms with Crippen LogP contribution in [0.2, 0.25) is 0 Å². The Hall–Kier alpha value is -1.63. The van der Waals surface area contributed by atoms with Crippen molar-refractivity contribution in [3.05, 3.63) is 0 Å². The number of piperidine rings is 1. The molecule has 0 aliphatic carbocycles. The van der Waals surface area contributed by atoms with Crippen molar-refractivity contribution in [1.82, 2.24) is 20.0 Å². The van der Waals surface area contributed by atoms with Gasteiger partial charge in [-0.25, -0.2) is 0 Å². The minimum Gasteiger partial charge on any atom is -0.359 e. The summed E-state index contributed by atoms with van der Waals surface area (Å²) in [7, 11) is 1.59. The highest BCUT2D eigenvalue weighted by Gasteiger charge is 2.31. The Labute approximate surface area is 144 Å². The van der Waals surface area contributed by atoms with Gasteiger partial charge >= 0.3 is 0 Å². The number of hydrogen-bond acceptors (Lipinski definition) is 4. The highest BCUT2D eigenvalue weighted by molar-refractivity contribution is 5.83. The normalized spacial score (nSPS) is 23.7. The lowest BCUT2D eigenvalue weighted by molar-refractivity contribution is -0.134. The van der Waals surface area contributed by atoms with Crippen LogP contribution in [0.25, 0.3) is 0 Å². The molecule has 0 bridgehead atoms. The Bertz CT molecular complexity index is 474. The molecule has 0 aromatic heterocycles. The molecule has 7 nitrogen and oxygen atoms in total. The Morgan fingerprint density at radius 3 is 2.17 bits per heavy atom. The lowest BCUT2D eigenvalue weighted by Gasteiger charge is -2.32. The van der Waals surface area contributed by atoms with Gasteiger partial charge in [-0.15, -0.1) is 0 Å². The molecule has 2 saturated heterocycles. The molecule has 2 fully saturated rings. The van der Waals surface area contributed by atoms with Crippen molar-refractivity contribution in [2.45, 2.75) is 26.7 Å². The summed E-state index contributed by atoms with van der Waals surface area (Å²) in [6, 6.07) is 0. The minimum atomic E-state index is -0.369. The maximum Gasteiger partial charge on any atom is 0.236 e. The van der Waals surface area contributed by atoms with Gasteiger partial charge in [0.05, 0.1) is 12.5 Å². The molecule has 1 N–H and O–H groups in total. The minimum absolute atomic E-state index is 0.0526. The summed E-state index contributed by atoms with van der Waals surface area (Å²) in [6.45, 7) is 7.82. The van der Waals surface area contributed by atoms with Crippen LogP contribution in [0.15, 0.2) is 0 Å². The third-order valence-corrected chi connectivity index (χ3v) is 5.17. The number of carbonyl (C=O) groups is 3. The molecular formula is C17H30N4O3. The van der Waals surface area contributed by atoms with Gasteiger partial charge in [0.25, 0.3) is 0 Å². The number of carbonyl (C=O) groups excluding carboxylic acids is 3. The molecule has 24 heavy (non-hydrogen) atoms. The summed E-state index contributed by atoms with van der Waals surface area (Å²) in [6.07, 6.45) is 2.26. The van der Waals surface area contributed by atoms with Gasteiger partial charge in [-0.3, -0.25) is 19.3 Å². The fourth-order valence-electron chi connectivity index (χ4n) is 3.41. The molecule has 136 valence electrons. The van der Waals surface area contributed by atoms with E-state index in [1.807, 2.05) is 0 Å². The van der Waals surface area contributed by atoms with Gasteiger partial charge in [-0.1, -0.05) is 6.92 Å². The topological polar surface area (TPSA) is 73.0 Å². The SMILES string of the molecule is CNC(=O)[C@@H]1CN(C(C)=O)CCN(C(=O)CN2CCC(C)CC2)C1. The number of amides is 3. The molecule has 2 rings (SSSR count). The van der Waals surface area contributed by atoms with E-state index in [1.54, 1.807) is 16.8 Å². The smallest absolute Gasteiger partial charge is 0.236 e. The zero-order valence-electron chi connectivity index (χ0n) is 15.1. The van der Waals surface area contributed by atoms with Crippen molar-refractivity contribution in [2.24, 2.45) is 11.8 Å². The number of nitrogens with zero attached hydrogens (tertiary/aromatic N) is 3. The Morgan fingerprint density at radius 1 is 1.00 bits per heavy atom. The predicted octanol–water partition coefficient (Wildman–Crippen LogP) is -0.229. The number of hydrogen-bond donors (Lipinski definition) is 1. The van der Waals surface area contributed by atoms with E-state index in [0.29, 0.717) is 32.7 Å². The maximum absolute atomic E-state index is 12.7. The zero-order valence-corrected chi connectivity index (χ0v) is 15.1. The summed E-state index contributed by atoms with van der Waals surface area (Å²) >= 11 is 0. The molecule has 0 radical (unpaired) electrons. The molecule has 0 spiro atoms. The summed E-state index contributed by atoms with van der Waals surface area (Å²) < 4.78 is 0. The standard InChI is InChI=1S/C17H30N4O3/c1-13-4-6-19(7-5-13)12-16(23)21-9-8-20(14(2)22)10-15(11-21)17(24)18-3/h13,15H,4-12H2,1-3H3,(H,18,24)/t15-/m1/s1. The Balaban J connectivity index is 1.98. The van der Waals surface area contributed by atoms with E-state index in [9.17, 15) is 14.4 Å². The summed E-state index contributed by atoms with van der Waals surface area (Å²) in [5.74, 6) is 0.253. The number of likely N-dealkylation sites (tertiary alicyclic amines) is 1. The van der Waals surface area contributed by atoms with Crippen LogP contribution in [0.5, 0.6) is 0 Å². The molecule has 0 unspecified atom stereocenters. The van der Waals surface area contributed by atoms with Crippen LogP contribution in [0.1, 0.15) is 26.7 Å². The van der Waals surface area contributed by atoms with Crippen molar-refractivity contribution in [3.63, 3.8) is 0 Å². The quantitative estimate of drug-likeness (QED) is 0.772. The average Bonchev–Trinajstić information content (AvgIpc) is 2.79. The first-order chi connectivity index (χ1) is 11.4. The fraction of sp³-hybridized carbons (Fsp3) is 0.824. The van der Waals surface area contributed by atoms with E-state index in [4.69, 9.17) is 0 Å². The van der Waals surface area contributed by atoms with Crippen LogP contribution < -0.4 is 5.32 Å². The molecule has 1 atom stereocenters. The van der Waals surface area contributed by atoms with Gasteiger partial charge in [0.15, 0.2) is 0 Å². The second-order valence-corrected chi connectivity index (χ2v) is 7.07. The van der Waals surface area contributed by atoms with Gasteiger partial charge in [0.1, 0.15) is 0 Å². The van der Waals surface area contributed by atoms with Crippen molar-refractivity contribution < 1.29 is 14.4 Å². The van der Waals surface area contributed by atoms with Gasteiger partial charge < -0.3 is 15.1 Å². The maximum atomic E-state index is 12.7. The highest BCUT2D eigenvalue weighted by Crippen LogP contribution is 2.17. The second-order valence-electron chi connectivity index (χ2n) is 7.07. The average molecular weight is 338 g/mol. The van der Waals surface area contributed by atoms with E-state index in [-0.39, 0.29) is 23.6 Å². The largest absolute Gasteiger partial charge is 0.359 e. The summed E-state index contributed by atoms with van der Waals surface area (Å²) in [5.41, 5.74) is 0. The monoisotopic (exact) mass is 338 g/mol. The molecule has 0 aromatic rings. The van der Waals surface area contributed by atoms with Gasteiger partial charge in [-0.2, -0.15) is 0 Å². The van der Waals surface area contributed by atoms with Crippen LogP contribution in [-0.2, 0) is 14.4 Å². The van der Waals surface area contributed by atoms with E-state index >= 15 is 0 Å².